The second-order valence-electron chi connectivity index (χ2n) is 7.05. The van der Waals surface area contributed by atoms with Crippen molar-refractivity contribution in [3.05, 3.63) is 90.9 Å². The number of fused-ring (bicyclic) bond motifs is 1. The van der Waals surface area contributed by atoms with Crippen molar-refractivity contribution in [2.75, 3.05) is 6.61 Å². The Morgan fingerprint density at radius 2 is 1.88 bits per heavy atom. The van der Waals surface area contributed by atoms with Crippen molar-refractivity contribution in [1.82, 2.24) is 20.2 Å². The summed E-state index contributed by atoms with van der Waals surface area (Å²) in [5, 5.41) is 8.82. The highest BCUT2D eigenvalue weighted by molar-refractivity contribution is 5.90. The zero-order valence-corrected chi connectivity index (χ0v) is 17.0. The van der Waals surface area contributed by atoms with Gasteiger partial charge < -0.3 is 9.47 Å². The molecule has 4 aromatic rings. The minimum absolute atomic E-state index is 0.116. The minimum atomic E-state index is -0.785. The van der Waals surface area contributed by atoms with Gasteiger partial charge in [-0.15, -0.1) is 0 Å². The van der Waals surface area contributed by atoms with Crippen molar-refractivity contribution < 1.29 is 14.3 Å². The number of ether oxygens (including phenoxy) is 2. The first-order valence-electron chi connectivity index (χ1n) is 10.0. The largest absolute Gasteiger partial charge is 0.485 e. The molecule has 0 aliphatic carbocycles. The van der Waals surface area contributed by atoms with Gasteiger partial charge in [-0.05, 0) is 36.4 Å². The second-order valence-corrected chi connectivity index (χ2v) is 7.05. The smallest absolute Gasteiger partial charge is 0.284 e. The van der Waals surface area contributed by atoms with E-state index >= 15 is 0 Å². The van der Waals surface area contributed by atoms with Crippen molar-refractivity contribution in [1.29, 1.82) is 0 Å². The van der Waals surface area contributed by atoms with Crippen molar-refractivity contribution >= 4 is 12.1 Å². The Morgan fingerprint density at radius 1 is 1.06 bits per heavy atom. The summed E-state index contributed by atoms with van der Waals surface area (Å²) in [5.41, 5.74) is 5.72. The topological polar surface area (TPSA) is 90.6 Å². The van der Waals surface area contributed by atoms with Crippen LogP contribution in [0.2, 0.25) is 0 Å². The molecule has 1 atom stereocenters. The molecule has 5 rings (SSSR count). The first kappa shape index (κ1) is 19.5. The van der Waals surface area contributed by atoms with E-state index in [1.807, 2.05) is 60.8 Å². The average Bonchev–Trinajstić information content (AvgIpc) is 3.29. The van der Waals surface area contributed by atoms with Crippen molar-refractivity contribution in [2.24, 2.45) is 5.10 Å². The fraction of sp³-hybridized carbons (Fsp3) is 0.0833. The summed E-state index contributed by atoms with van der Waals surface area (Å²) in [4.78, 5) is 16.7. The number of carbonyl (C=O) groups is 1. The Hall–Kier alpha value is -4.46. The standard InChI is InChI=1S/C24H19N5O3/c30-24(22-16-31-20-10-4-5-11-21(20)32-22)27-26-14-18-15-29(19-8-2-1-3-9-19)28-23(18)17-7-6-12-25-13-17/h1-15,22H,16H2,(H,27,30)/b26-14+. The molecule has 158 valence electrons. The van der Waals surface area contributed by atoms with Gasteiger partial charge in [-0.25, -0.2) is 10.1 Å². The van der Waals surface area contributed by atoms with Crippen LogP contribution in [0.25, 0.3) is 16.9 Å². The van der Waals surface area contributed by atoms with Gasteiger partial charge in [0.05, 0.1) is 11.9 Å². The van der Waals surface area contributed by atoms with Crippen LogP contribution >= 0.6 is 0 Å². The number of hydrogen-bond acceptors (Lipinski definition) is 6. The highest BCUT2D eigenvalue weighted by Gasteiger charge is 2.27. The first-order valence-corrected chi connectivity index (χ1v) is 10.0. The van der Waals surface area contributed by atoms with E-state index < -0.39 is 12.0 Å². The third-order valence-electron chi connectivity index (χ3n) is 4.88. The number of carbonyl (C=O) groups excluding carboxylic acids is 1. The fourth-order valence-electron chi connectivity index (χ4n) is 3.31. The second kappa shape index (κ2) is 8.73. The molecule has 0 fully saturated rings. The number of amides is 1. The van der Waals surface area contributed by atoms with Gasteiger partial charge in [0, 0.05) is 29.7 Å². The molecule has 1 unspecified atom stereocenters. The molecule has 3 heterocycles. The van der Waals surface area contributed by atoms with E-state index in [1.54, 1.807) is 35.4 Å². The van der Waals surface area contributed by atoms with E-state index in [9.17, 15) is 4.79 Å². The molecule has 2 aromatic heterocycles. The van der Waals surface area contributed by atoms with Gasteiger partial charge in [-0.2, -0.15) is 10.2 Å². The predicted molar refractivity (Wildman–Crippen MR) is 119 cm³/mol. The Labute approximate surface area is 184 Å². The SMILES string of the molecule is O=C(N/N=C/c1cn(-c2ccccc2)nc1-c1cccnc1)C1COc2ccccc2O1. The third kappa shape index (κ3) is 4.06. The Kier molecular flexibility index (Phi) is 5.32. The predicted octanol–water partition coefficient (Wildman–Crippen LogP) is 3.22. The minimum Gasteiger partial charge on any atom is -0.485 e. The lowest BCUT2D eigenvalue weighted by molar-refractivity contribution is -0.130. The van der Waals surface area contributed by atoms with Crippen molar-refractivity contribution in [3.8, 4) is 28.4 Å². The van der Waals surface area contributed by atoms with Gasteiger partial charge in [0.25, 0.3) is 5.91 Å². The molecule has 0 spiro atoms. The van der Waals surface area contributed by atoms with Crippen LogP contribution in [0.1, 0.15) is 5.56 Å². The number of nitrogens with one attached hydrogen (secondary N) is 1. The molecule has 32 heavy (non-hydrogen) atoms. The molecule has 1 N–H and O–H groups in total. The molecule has 0 bridgehead atoms. The van der Waals surface area contributed by atoms with Crippen LogP contribution in [-0.2, 0) is 4.79 Å². The average molecular weight is 425 g/mol. The van der Waals surface area contributed by atoms with Gasteiger partial charge in [0.1, 0.15) is 12.3 Å². The molecule has 1 aliphatic heterocycles. The van der Waals surface area contributed by atoms with Crippen LogP contribution in [0, 0.1) is 0 Å². The van der Waals surface area contributed by atoms with Crippen LogP contribution in [0.15, 0.2) is 90.4 Å². The molecular formula is C24H19N5O3. The Morgan fingerprint density at radius 3 is 2.69 bits per heavy atom. The number of benzene rings is 2. The summed E-state index contributed by atoms with van der Waals surface area (Å²) in [6.07, 6.45) is 6.06. The highest BCUT2D eigenvalue weighted by Crippen LogP contribution is 2.30. The van der Waals surface area contributed by atoms with Crippen LogP contribution in [0.3, 0.4) is 0 Å². The van der Waals surface area contributed by atoms with Crippen molar-refractivity contribution in [2.45, 2.75) is 6.10 Å². The summed E-state index contributed by atoms with van der Waals surface area (Å²) < 4.78 is 13.1. The lowest BCUT2D eigenvalue weighted by Gasteiger charge is -2.24. The third-order valence-corrected chi connectivity index (χ3v) is 4.88. The van der Waals surface area contributed by atoms with Crippen molar-refractivity contribution in [3.63, 3.8) is 0 Å². The number of aromatic nitrogens is 3. The maximum Gasteiger partial charge on any atom is 0.284 e. The maximum absolute atomic E-state index is 12.5. The number of hydrogen-bond donors (Lipinski definition) is 1. The van der Waals surface area contributed by atoms with Crippen LogP contribution in [-0.4, -0.2) is 39.6 Å². The lowest BCUT2D eigenvalue weighted by Crippen LogP contribution is -2.42. The Bertz CT molecular complexity index is 1260. The quantitative estimate of drug-likeness (QED) is 0.392. The van der Waals surface area contributed by atoms with Gasteiger partial charge in [-0.1, -0.05) is 30.3 Å². The van der Waals surface area contributed by atoms with Gasteiger partial charge in [-0.3, -0.25) is 9.78 Å². The molecule has 1 aliphatic rings. The molecule has 8 nitrogen and oxygen atoms in total. The van der Waals surface area contributed by atoms with Crippen LogP contribution in [0.4, 0.5) is 0 Å². The van der Waals surface area contributed by atoms with E-state index in [-0.39, 0.29) is 6.61 Å². The summed E-state index contributed by atoms with van der Waals surface area (Å²) >= 11 is 0. The van der Waals surface area contributed by atoms with Crippen LogP contribution < -0.4 is 14.9 Å². The van der Waals surface area contributed by atoms with Gasteiger partial charge in [0.15, 0.2) is 11.5 Å². The first-order chi connectivity index (χ1) is 15.8. The summed E-state index contributed by atoms with van der Waals surface area (Å²) in [5.74, 6) is 0.759. The van der Waals surface area contributed by atoms with E-state index in [0.29, 0.717) is 17.2 Å². The molecule has 0 radical (unpaired) electrons. The normalized spacial score (nSPS) is 14.9. The van der Waals surface area contributed by atoms with Gasteiger partial charge in [0.2, 0.25) is 6.10 Å². The molecule has 2 aromatic carbocycles. The van der Waals surface area contributed by atoms with Gasteiger partial charge >= 0.3 is 0 Å². The number of pyridine rings is 1. The van der Waals surface area contributed by atoms with E-state index in [1.165, 1.54) is 0 Å². The zero-order chi connectivity index (χ0) is 21.8. The maximum atomic E-state index is 12.5. The number of nitrogens with zero attached hydrogens (tertiary/aromatic N) is 4. The monoisotopic (exact) mass is 425 g/mol. The molecule has 0 saturated heterocycles. The van der Waals surface area contributed by atoms with E-state index in [0.717, 1.165) is 16.8 Å². The van der Waals surface area contributed by atoms with Crippen LogP contribution in [0.5, 0.6) is 11.5 Å². The lowest BCUT2D eigenvalue weighted by atomic mass is 10.1. The number of hydrazone groups is 1. The number of rotatable bonds is 5. The molecule has 0 saturated carbocycles. The number of para-hydroxylation sites is 3. The van der Waals surface area contributed by atoms with E-state index in [2.05, 4.69) is 15.5 Å². The summed E-state index contributed by atoms with van der Waals surface area (Å²) in [6.45, 7) is 0.116. The molecule has 8 heteroatoms. The molecule has 1 amide bonds. The summed E-state index contributed by atoms with van der Waals surface area (Å²) in [6, 6.07) is 20.8. The zero-order valence-electron chi connectivity index (χ0n) is 17.0. The fourth-order valence-corrected chi connectivity index (χ4v) is 3.31. The highest BCUT2D eigenvalue weighted by atomic mass is 16.6. The molecular weight excluding hydrogens is 406 g/mol. The Balaban J connectivity index is 1.35. The summed E-state index contributed by atoms with van der Waals surface area (Å²) in [7, 11) is 0. The van der Waals surface area contributed by atoms with E-state index in [4.69, 9.17) is 14.6 Å².